The molecule has 0 amide bonds. The van der Waals surface area contributed by atoms with Crippen LogP contribution in [-0.4, -0.2) is 36.1 Å². The van der Waals surface area contributed by atoms with Crippen LogP contribution in [-0.2, 0) is 0 Å². The largest absolute Gasteiger partial charge is 0.344 e. The van der Waals surface area contributed by atoms with Crippen molar-refractivity contribution in [3.05, 3.63) is 18.0 Å². The van der Waals surface area contributed by atoms with Gasteiger partial charge in [0, 0.05) is 32.0 Å². The van der Waals surface area contributed by atoms with Gasteiger partial charge in [0.2, 0.25) is 5.95 Å². The number of rotatable bonds is 4. The smallest absolute Gasteiger partial charge is 0.224 e. The van der Waals surface area contributed by atoms with Gasteiger partial charge in [-0.15, -0.1) is 0 Å². The van der Waals surface area contributed by atoms with Gasteiger partial charge in [-0.05, 0) is 38.3 Å². The van der Waals surface area contributed by atoms with Crippen LogP contribution >= 0.6 is 0 Å². The molecule has 0 aliphatic carbocycles. The van der Waals surface area contributed by atoms with E-state index in [2.05, 4.69) is 27.2 Å². The standard InChI is InChI=1S/C12H20N4/c1-10-8-14-12(15-9-10)16(2)7-5-11-4-3-6-13-11/h8-9,11,13H,3-7H2,1-2H3. The van der Waals surface area contributed by atoms with Crippen LogP contribution in [0.15, 0.2) is 12.4 Å². The molecule has 0 bridgehead atoms. The molecule has 1 aromatic rings. The third kappa shape index (κ3) is 2.92. The summed E-state index contributed by atoms with van der Waals surface area (Å²) >= 11 is 0. The van der Waals surface area contributed by atoms with Crippen LogP contribution < -0.4 is 10.2 Å². The molecule has 1 saturated heterocycles. The summed E-state index contributed by atoms with van der Waals surface area (Å²) in [5, 5.41) is 3.51. The number of aryl methyl sites for hydroxylation is 1. The highest BCUT2D eigenvalue weighted by Gasteiger charge is 2.14. The zero-order valence-electron chi connectivity index (χ0n) is 10.1. The Bertz CT molecular complexity index is 316. The zero-order valence-corrected chi connectivity index (χ0v) is 10.1. The van der Waals surface area contributed by atoms with Crippen molar-refractivity contribution in [3.63, 3.8) is 0 Å². The Morgan fingerprint density at radius 2 is 2.19 bits per heavy atom. The number of hydrogen-bond donors (Lipinski definition) is 1. The van der Waals surface area contributed by atoms with Crippen molar-refractivity contribution in [1.29, 1.82) is 0 Å². The molecule has 1 fully saturated rings. The minimum absolute atomic E-state index is 0.688. The number of hydrogen-bond acceptors (Lipinski definition) is 4. The molecule has 0 radical (unpaired) electrons. The van der Waals surface area contributed by atoms with Crippen LogP contribution in [0.4, 0.5) is 5.95 Å². The molecule has 1 aliphatic heterocycles. The second-order valence-corrected chi connectivity index (χ2v) is 4.56. The number of anilines is 1. The summed E-state index contributed by atoms with van der Waals surface area (Å²) in [5.41, 5.74) is 1.11. The maximum atomic E-state index is 4.32. The molecule has 4 nitrogen and oxygen atoms in total. The summed E-state index contributed by atoms with van der Waals surface area (Å²) in [4.78, 5) is 10.8. The molecule has 2 heterocycles. The summed E-state index contributed by atoms with van der Waals surface area (Å²) in [6.45, 7) is 4.20. The van der Waals surface area contributed by atoms with E-state index >= 15 is 0 Å². The molecular weight excluding hydrogens is 200 g/mol. The van der Waals surface area contributed by atoms with Gasteiger partial charge >= 0.3 is 0 Å². The lowest BCUT2D eigenvalue weighted by atomic mass is 10.1. The molecule has 0 spiro atoms. The second-order valence-electron chi connectivity index (χ2n) is 4.56. The average molecular weight is 220 g/mol. The quantitative estimate of drug-likeness (QED) is 0.832. The number of nitrogens with zero attached hydrogens (tertiary/aromatic N) is 3. The minimum Gasteiger partial charge on any atom is -0.344 e. The normalized spacial score (nSPS) is 20.0. The van der Waals surface area contributed by atoms with Crippen LogP contribution in [0.3, 0.4) is 0 Å². The molecule has 2 rings (SSSR count). The van der Waals surface area contributed by atoms with Crippen LogP contribution in [0.1, 0.15) is 24.8 Å². The van der Waals surface area contributed by atoms with Gasteiger partial charge in [-0.2, -0.15) is 0 Å². The van der Waals surface area contributed by atoms with E-state index in [1.54, 1.807) is 0 Å². The minimum atomic E-state index is 0.688. The first-order chi connectivity index (χ1) is 7.75. The second kappa shape index (κ2) is 5.25. The van der Waals surface area contributed by atoms with E-state index < -0.39 is 0 Å². The molecule has 1 aliphatic rings. The van der Waals surface area contributed by atoms with Crippen molar-refractivity contribution >= 4 is 5.95 Å². The summed E-state index contributed by atoms with van der Waals surface area (Å²) < 4.78 is 0. The Labute approximate surface area is 97.1 Å². The van der Waals surface area contributed by atoms with Gasteiger partial charge in [-0.25, -0.2) is 9.97 Å². The zero-order chi connectivity index (χ0) is 11.4. The van der Waals surface area contributed by atoms with Crippen molar-refractivity contribution in [2.45, 2.75) is 32.2 Å². The van der Waals surface area contributed by atoms with E-state index in [1.807, 2.05) is 19.3 Å². The van der Waals surface area contributed by atoms with E-state index in [-0.39, 0.29) is 0 Å². The Morgan fingerprint density at radius 1 is 1.44 bits per heavy atom. The lowest BCUT2D eigenvalue weighted by Gasteiger charge is -2.19. The van der Waals surface area contributed by atoms with Crippen molar-refractivity contribution in [1.82, 2.24) is 15.3 Å². The SMILES string of the molecule is Cc1cnc(N(C)CCC2CCCN2)nc1. The van der Waals surface area contributed by atoms with Gasteiger partial charge in [0.25, 0.3) is 0 Å². The third-order valence-electron chi connectivity index (χ3n) is 3.08. The lowest BCUT2D eigenvalue weighted by Crippen LogP contribution is -2.29. The fourth-order valence-electron chi connectivity index (χ4n) is 2.04. The highest BCUT2D eigenvalue weighted by atomic mass is 15.2. The molecule has 1 unspecified atom stereocenters. The van der Waals surface area contributed by atoms with E-state index in [0.29, 0.717) is 6.04 Å². The molecule has 88 valence electrons. The van der Waals surface area contributed by atoms with Gasteiger partial charge in [-0.1, -0.05) is 0 Å². The fraction of sp³-hybridized carbons (Fsp3) is 0.667. The highest BCUT2D eigenvalue weighted by Crippen LogP contribution is 2.11. The van der Waals surface area contributed by atoms with Crippen LogP contribution in [0.5, 0.6) is 0 Å². The van der Waals surface area contributed by atoms with Crippen LogP contribution in [0.2, 0.25) is 0 Å². The Hall–Kier alpha value is -1.16. The number of aromatic nitrogens is 2. The fourth-order valence-corrected chi connectivity index (χ4v) is 2.04. The molecule has 1 N–H and O–H groups in total. The van der Waals surface area contributed by atoms with E-state index in [4.69, 9.17) is 0 Å². The van der Waals surface area contributed by atoms with Gasteiger partial charge in [-0.3, -0.25) is 0 Å². The summed E-state index contributed by atoms with van der Waals surface area (Å²) in [7, 11) is 2.06. The predicted molar refractivity (Wildman–Crippen MR) is 65.7 cm³/mol. The average Bonchev–Trinajstić information content (AvgIpc) is 2.80. The van der Waals surface area contributed by atoms with Gasteiger partial charge in [0.05, 0.1) is 0 Å². The van der Waals surface area contributed by atoms with Crippen molar-refractivity contribution < 1.29 is 0 Å². The summed E-state index contributed by atoms with van der Waals surface area (Å²) in [6, 6.07) is 0.688. The monoisotopic (exact) mass is 220 g/mol. The van der Waals surface area contributed by atoms with Crippen molar-refractivity contribution in [2.75, 3.05) is 25.0 Å². The van der Waals surface area contributed by atoms with Crippen LogP contribution in [0.25, 0.3) is 0 Å². The topological polar surface area (TPSA) is 41.1 Å². The molecular formula is C12H20N4. The maximum absolute atomic E-state index is 4.32. The van der Waals surface area contributed by atoms with Gasteiger partial charge in [0.15, 0.2) is 0 Å². The highest BCUT2D eigenvalue weighted by molar-refractivity contribution is 5.27. The Kier molecular flexibility index (Phi) is 3.72. The van der Waals surface area contributed by atoms with Gasteiger partial charge < -0.3 is 10.2 Å². The molecule has 16 heavy (non-hydrogen) atoms. The van der Waals surface area contributed by atoms with E-state index in [1.165, 1.54) is 25.8 Å². The summed E-state index contributed by atoms with van der Waals surface area (Å²) in [5.74, 6) is 0.823. The molecule has 1 aromatic heterocycles. The van der Waals surface area contributed by atoms with Crippen molar-refractivity contribution in [3.8, 4) is 0 Å². The molecule has 4 heteroatoms. The van der Waals surface area contributed by atoms with Crippen LogP contribution in [0, 0.1) is 6.92 Å². The summed E-state index contributed by atoms with van der Waals surface area (Å²) in [6.07, 6.45) is 7.53. The van der Waals surface area contributed by atoms with Crippen molar-refractivity contribution in [2.24, 2.45) is 0 Å². The first kappa shape index (κ1) is 11.3. The van der Waals surface area contributed by atoms with Gasteiger partial charge in [0.1, 0.15) is 0 Å². The van der Waals surface area contributed by atoms with E-state index in [9.17, 15) is 0 Å². The maximum Gasteiger partial charge on any atom is 0.224 e. The molecule has 0 saturated carbocycles. The first-order valence-corrected chi connectivity index (χ1v) is 5.99. The molecule has 1 atom stereocenters. The Morgan fingerprint density at radius 3 is 2.81 bits per heavy atom. The predicted octanol–water partition coefficient (Wildman–Crippen LogP) is 1.36. The third-order valence-corrected chi connectivity index (χ3v) is 3.08. The van der Waals surface area contributed by atoms with E-state index in [0.717, 1.165) is 18.1 Å². The number of nitrogens with one attached hydrogen (secondary N) is 1. The first-order valence-electron chi connectivity index (χ1n) is 5.99. The lowest BCUT2D eigenvalue weighted by molar-refractivity contribution is 0.556. The Balaban J connectivity index is 1.82. The molecule has 0 aromatic carbocycles.